The molecule has 0 aromatic heterocycles. The van der Waals surface area contributed by atoms with Crippen LogP contribution >= 0.6 is 0 Å². The molecule has 0 amide bonds. The number of rotatable bonds is 3. The quantitative estimate of drug-likeness (QED) is 0.750. The van der Waals surface area contributed by atoms with Gasteiger partial charge in [0.25, 0.3) is 0 Å². The monoisotopic (exact) mass is 187 g/mol. The van der Waals surface area contributed by atoms with Crippen LogP contribution in [0.25, 0.3) is 0 Å². The Morgan fingerprint density at radius 2 is 1.92 bits per heavy atom. The van der Waals surface area contributed by atoms with E-state index in [1.165, 1.54) is 0 Å². The molecular weight excluding hydrogens is 176 g/mol. The van der Waals surface area contributed by atoms with Crippen molar-refractivity contribution in [3.05, 3.63) is 29.3 Å². The van der Waals surface area contributed by atoms with Crippen molar-refractivity contribution in [3.8, 4) is 5.75 Å². The van der Waals surface area contributed by atoms with Crippen molar-refractivity contribution >= 4 is 0 Å². The van der Waals surface area contributed by atoms with E-state index in [9.17, 15) is 8.78 Å². The summed E-state index contributed by atoms with van der Waals surface area (Å²) in [5, 5.41) is 12.0. The summed E-state index contributed by atoms with van der Waals surface area (Å²) in [6.07, 6.45) is 0.270. The Bertz CT molecular complexity index is 302. The summed E-state index contributed by atoms with van der Waals surface area (Å²) < 4.78 is 25.7. The maximum Gasteiger partial charge on any atom is 0.165 e. The normalized spacial score (nSPS) is 10.4. The highest BCUT2D eigenvalue weighted by Crippen LogP contribution is 2.23. The number of nitrogens with one attached hydrogen (secondary N) is 1. The molecule has 1 rings (SSSR count). The van der Waals surface area contributed by atoms with Crippen molar-refractivity contribution in [2.45, 2.75) is 6.42 Å². The Labute approximate surface area is 75.2 Å². The lowest BCUT2D eigenvalue weighted by atomic mass is 10.1. The third kappa shape index (κ3) is 2.15. The minimum Gasteiger partial charge on any atom is -0.505 e. The Morgan fingerprint density at radius 3 is 2.54 bits per heavy atom. The molecule has 2 N–H and O–H groups in total. The van der Waals surface area contributed by atoms with Crippen LogP contribution in [-0.4, -0.2) is 18.7 Å². The van der Waals surface area contributed by atoms with Gasteiger partial charge in [-0.25, -0.2) is 8.78 Å². The van der Waals surface area contributed by atoms with Crippen LogP contribution in [0.5, 0.6) is 5.75 Å². The van der Waals surface area contributed by atoms with Crippen molar-refractivity contribution in [1.29, 1.82) is 0 Å². The Hall–Kier alpha value is -1.16. The molecule has 0 atom stereocenters. The molecule has 0 spiro atoms. The molecular formula is C9H11F2NO. The first-order chi connectivity index (χ1) is 6.16. The molecule has 0 radical (unpaired) electrons. The number of aromatic hydroxyl groups is 1. The van der Waals surface area contributed by atoms with Crippen molar-refractivity contribution in [2.24, 2.45) is 0 Å². The third-order valence-corrected chi connectivity index (χ3v) is 1.80. The highest BCUT2D eigenvalue weighted by Gasteiger charge is 2.11. The maximum atomic E-state index is 13.0. The smallest absolute Gasteiger partial charge is 0.165 e. The number of phenols is 1. The molecule has 0 heterocycles. The Kier molecular flexibility index (Phi) is 3.19. The van der Waals surface area contributed by atoms with Gasteiger partial charge in [-0.05, 0) is 32.1 Å². The molecule has 0 fully saturated rings. The van der Waals surface area contributed by atoms with Gasteiger partial charge in [-0.2, -0.15) is 0 Å². The number of likely N-dealkylation sites (N-methyl/N-ethyl adjacent to an activating group) is 1. The van der Waals surface area contributed by atoms with Crippen LogP contribution in [0.15, 0.2) is 12.1 Å². The zero-order chi connectivity index (χ0) is 9.84. The first-order valence-electron chi connectivity index (χ1n) is 3.97. The molecule has 0 aliphatic rings. The van der Waals surface area contributed by atoms with Crippen LogP contribution in [0.3, 0.4) is 0 Å². The minimum atomic E-state index is -0.785. The lowest BCUT2D eigenvalue weighted by Gasteiger charge is -2.05. The molecule has 2 nitrogen and oxygen atoms in total. The van der Waals surface area contributed by atoms with E-state index in [-0.39, 0.29) is 12.0 Å². The molecule has 1 aromatic carbocycles. The van der Waals surface area contributed by atoms with Crippen LogP contribution in [0.4, 0.5) is 8.78 Å². The molecule has 72 valence electrons. The number of hydrogen-bond acceptors (Lipinski definition) is 2. The Morgan fingerprint density at radius 1 is 1.31 bits per heavy atom. The van der Waals surface area contributed by atoms with E-state index >= 15 is 0 Å². The minimum absolute atomic E-state index is 0.0225. The van der Waals surface area contributed by atoms with Gasteiger partial charge in [0.1, 0.15) is 5.82 Å². The van der Waals surface area contributed by atoms with Crippen molar-refractivity contribution in [2.75, 3.05) is 13.6 Å². The van der Waals surface area contributed by atoms with E-state index in [1.54, 1.807) is 7.05 Å². The van der Waals surface area contributed by atoms with Gasteiger partial charge in [0, 0.05) is 5.56 Å². The summed E-state index contributed by atoms with van der Waals surface area (Å²) in [6, 6.07) is 1.92. The molecule has 4 heteroatoms. The van der Waals surface area contributed by atoms with Gasteiger partial charge < -0.3 is 10.4 Å². The van der Waals surface area contributed by atoms with Gasteiger partial charge in [0.2, 0.25) is 0 Å². The van der Waals surface area contributed by atoms with Crippen LogP contribution in [0.1, 0.15) is 5.56 Å². The number of hydrogen-bond donors (Lipinski definition) is 2. The van der Waals surface area contributed by atoms with Gasteiger partial charge in [0.15, 0.2) is 11.6 Å². The van der Waals surface area contributed by atoms with E-state index in [0.29, 0.717) is 6.54 Å². The zero-order valence-corrected chi connectivity index (χ0v) is 7.27. The Balaban J connectivity index is 2.96. The molecule has 1 aromatic rings. The summed E-state index contributed by atoms with van der Waals surface area (Å²) in [6.45, 7) is 0.494. The molecule has 0 aliphatic heterocycles. The number of benzene rings is 1. The molecule has 0 unspecified atom stereocenters. The predicted molar refractivity (Wildman–Crippen MR) is 45.7 cm³/mol. The van der Waals surface area contributed by atoms with E-state index in [4.69, 9.17) is 5.11 Å². The fraction of sp³-hybridized carbons (Fsp3) is 0.333. The van der Waals surface area contributed by atoms with Gasteiger partial charge in [-0.15, -0.1) is 0 Å². The molecule has 0 bridgehead atoms. The summed E-state index contributed by atoms with van der Waals surface area (Å²) in [7, 11) is 1.70. The largest absolute Gasteiger partial charge is 0.505 e. The average molecular weight is 187 g/mol. The lowest BCUT2D eigenvalue weighted by Crippen LogP contribution is -2.11. The van der Waals surface area contributed by atoms with E-state index in [0.717, 1.165) is 12.1 Å². The zero-order valence-electron chi connectivity index (χ0n) is 7.27. The van der Waals surface area contributed by atoms with Gasteiger partial charge in [-0.1, -0.05) is 0 Å². The van der Waals surface area contributed by atoms with E-state index in [2.05, 4.69) is 5.32 Å². The first kappa shape index (κ1) is 9.92. The van der Waals surface area contributed by atoms with Crippen molar-refractivity contribution in [1.82, 2.24) is 5.32 Å². The fourth-order valence-electron chi connectivity index (χ4n) is 1.07. The second kappa shape index (κ2) is 4.18. The summed E-state index contributed by atoms with van der Waals surface area (Å²) in [5.41, 5.74) is 0.0225. The van der Waals surface area contributed by atoms with E-state index in [1.807, 2.05) is 0 Å². The van der Waals surface area contributed by atoms with Crippen molar-refractivity contribution < 1.29 is 13.9 Å². The van der Waals surface area contributed by atoms with E-state index < -0.39 is 17.4 Å². The van der Waals surface area contributed by atoms with Crippen LogP contribution in [0.2, 0.25) is 0 Å². The standard InChI is InChI=1S/C9H11F2NO/c1-12-5-4-6-7(10)2-3-8(11)9(6)13/h2-3,12-13H,4-5H2,1H3. The SMILES string of the molecule is CNCCc1c(F)ccc(F)c1O. The van der Waals surface area contributed by atoms with Crippen molar-refractivity contribution in [3.63, 3.8) is 0 Å². The second-order valence-corrected chi connectivity index (χ2v) is 2.71. The van der Waals surface area contributed by atoms with Gasteiger partial charge in [-0.3, -0.25) is 0 Å². The van der Waals surface area contributed by atoms with Crippen LogP contribution in [0, 0.1) is 11.6 Å². The highest BCUT2D eigenvalue weighted by atomic mass is 19.1. The predicted octanol–water partition coefficient (Wildman–Crippen LogP) is 1.43. The molecule has 0 saturated carbocycles. The van der Waals surface area contributed by atoms with Crippen LogP contribution in [-0.2, 0) is 6.42 Å². The second-order valence-electron chi connectivity index (χ2n) is 2.71. The summed E-state index contributed by atoms with van der Waals surface area (Å²) in [5.74, 6) is -1.95. The van der Waals surface area contributed by atoms with Crippen LogP contribution < -0.4 is 5.32 Å². The van der Waals surface area contributed by atoms with Gasteiger partial charge in [0.05, 0.1) is 0 Å². The highest BCUT2D eigenvalue weighted by molar-refractivity contribution is 5.35. The number of halogens is 2. The molecule has 13 heavy (non-hydrogen) atoms. The fourth-order valence-corrected chi connectivity index (χ4v) is 1.07. The average Bonchev–Trinajstić information content (AvgIpc) is 2.12. The number of phenolic OH excluding ortho intramolecular Hbond substituents is 1. The maximum absolute atomic E-state index is 13.0. The lowest BCUT2D eigenvalue weighted by molar-refractivity contribution is 0.417. The third-order valence-electron chi connectivity index (χ3n) is 1.80. The first-order valence-corrected chi connectivity index (χ1v) is 3.97. The molecule has 0 aliphatic carbocycles. The van der Waals surface area contributed by atoms with Gasteiger partial charge >= 0.3 is 0 Å². The molecule has 0 saturated heterocycles. The summed E-state index contributed by atoms with van der Waals surface area (Å²) >= 11 is 0. The summed E-state index contributed by atoms with van der Waals surface area (Å²) in [4.78, 5) is 0. The topological polar surface area (TPSA) is 32.3 Å².